The van der Waals surface area contributed by atoms with E-state index < -0.39 is 0 Å². The molecule has 1 heterocycles. The Hall–Kier alpha value is -1.75. The maximum Gasteiger partial charge on any atom is 0.306 e. The summed E-state index contributed by atoms with van der Waals surface area (Å²) in [4.78, 5) is 13.7. The first-order valence-electron chi connectivity index (χ1n) is 7.86. The summed E-state index contributed by atoms with van der Waals surface area (Å²) < 4.78 is 10.3. The van der Waals surface area contributed by atoms with E-state index in [4.69, 9.17) is 15.2 Å². The number of hydrogen-bond acceptors (Lipinski definition) is 5. The number of methoxy groups -OCH3 is 2. The first-order chi connectivity index (χ1) is 10.6. The van der Waals surface area contributed by atoms with Crippen LogP contribution in [0.2, 0.25) is 0 Å². The number of benzene rings is 1. The largest absolute Gasteiger partial charge is 0.469 e. The standard InChI is InChI=1S/C17H26N2O3/c1-4-12(11-17(20)22-3)13-7-8-15(14(18)10-13)19-9-5-6-16(19)21-2/h7-8,10,12,16H,4-6,9,11,18H2,1-3H3/t12?,16-/m1/s1. The van der Waals surface area contributed by atoms with Gasteiger partial charge in [-0.15, -0.1) is 0 Å². The van der Waals surface area contributed by atoms with Crippen molar-refractivity contribution in [2.45, 2.75) is 44.8 Å². The fourth-order valence-electron chi connectivity index (χ4n) is 3.13. The molecule has 1 aliphatic rings. The van der Waals surface area contributed by atoms with Crippen LogP contribution in [-0.2, 0) is 14.3 Å². The lowest BCUT2D eigenvalue weighted by atomic mass is 9.92. The number of ether oxygens (including phenoxy) is 2. The fraction of sp³-hybridized carbons (Fsp3) is 0.588. The quantitative estimate of drug-likeness (QED) is 0.646. The third-order valence-corrected chi connectivity index (χ3v) is 4.44. The minimum Gasteiger partial charge on any atom is -0.469 e. The molecule has 22 heavy (non-hydrogen) atoms. The van der Waals surface area contributed by atoms with Crippen molar-refractivity contribution in [1.82, 2.24) is 0 Å². The minimum absolute atomic E-state index is 0.102. The molecule has 2 atom stereocenters. The Morgan fingerprint density at radius 1 is 1.45 bits per heavy atom. The average Bonchev–Trinajstić information content (AvgIpc) is 3.00. The van der Waals surface area contributed by atoms with Gasteiger partial charge >= 0.3 is 5.97 Å². The van der Waals surface area contributed by atoms with Crippen LogP contribution in [0, 0.1) is 0 Å². The maximum absolute atomic E-state index is 11.5. The van der Waals surface area contributed by atoms with Gasteiger partial charge in [-0.05, 0) is 42.9 Å². The lowest BCUT2D eigenvalue weighted by Gasteiger charge is -2.27. The van der Waals surface area contributed by atoms with Crippen LogP contribution in [0.5, 0.6) is 0 Å². The van der Waals surface area contributed by atoms with Crippen LogP contribution in [0.1, 0.15) is 44.1 Å². The maximum atomic E-state index is 11.5. The van der Waals surface area contributed by atoms with Gasteiger partial charge in [0.25, 0.3) is 0 Å². The van der Waals surface area contributed by atoms with Gasteiger partial charge in [-0.2, -0.15) is 0 Å². The monoisotopic (exact) mass is 306 g/mol. The molecule has 1 aromatic rings. The molecule has 2 N–H and O–H groups in total. The van der Waals surface area contributed by atoms with Gasteiger partial charge in [0.05, 0.1) is 24.9 Å². The molecule has 0 spiro atoms. The SMILES string of the molecule is CCC(CC(=O)OC)c1ccc(N2CCC[C@H]2OC)c(N)c1. The number of carbonyl (C=O) groups excluding carboxylic acids is 1. The average molecular weight is 306 g/mol. The zero-order valence-electron chi connectivity index (χ0n) is 13.7. The van der Waals surface area contributed by atoms with Crippen molar-refractivity contribution < 1.29 is 14.3 Å². The third-order valence-electron chi connectivity index (χ3n) is 4.44. The molecule has 5 heteroatoms. The molecule has 0 amide bonds. The lowest BCUT2D eigenvalue weighted by Crippen LogP contribution is -2.31. The summed E-state index contributed by atoms with van der Waals surface area (Å²) in [6.45, 7) is 3.03. The van der Waals surface area contributed by atoms with E-state index in [-0.39, 0.29) is 18.1 Å². The fourth-order valence-corrected chi connectivity index (χ4v) is 3.13. The molecule has 2 rings (SSSR count). The first-order valence-corrected chi connectivity index (χ1v) is 7.86. The number of esters is 1. The summed E-state index contributed by atoms with van der Waals surface area (Å²) in [5.74, 6) is -0.0471. The predicted octanol–water partition coefficient (Wildman–Crippen LogP) is 2.90. The molecule has 0 bridgehead atoms. The number of hydrogen-bond donors (Lipinski definition) is 1. The highest BCUT2D eigenvalue weighted by Crippen LogP contribution is 2.34. The highest BCUT2D eigenvalue weighted by Gasteiger charge is 2.26. The number of nitrogen functional groups attached to an aromatic ring is 1. The molecule has 0 radical (unpaired) electrons. The van der Waals surface area contributed by atoms with E-state index >= 15 is 0 Å². The van der Waals surface area contributed by atoms with Crippen molar-refractivity contribution in [3.05, 3.63) is 23.8 Å². The Labute approximate surface area is 132 Å². The summed E-state index contributed by atoms with van der Waals surface area (Å²) >= 11 is 0. The van der Waals surface area contributed by atoms with E-state index in [2.05, 4.69) is 17.9 Å². The van der Waals surface area contributed by atoms with Gasteiger partial charge in [-0.25, -0.2) is 0 Å². The number of nitrogens with zero attached hydrogens (tertiary/aromatic N) is 1. The Morgan fingerprint density at radius 2 is 2.23 bits per heavy atom. The van der Waals surface area contributed by atoms with Gasteiger partial charge in [0, 0.05) is 13.7 Å². The van der Waals surface area contributed by atoms with E-state index in [0.29, 0.717) is 6.42 Å². The molecular formula is C17H26N2O3. The van der Waals surface area contributed by atoms with Crippen molar-refractivity contribution in [3.8, 4) is 0 Å². The second-order valence-corrected chi connectivity index (χ2v) is 5.73. The predicted molar refractivity (Wildman–Crippen MR) is 87.9 cm³/mol. The highest BCUT2D eigenvalue weighted by atomic mass is 16.5. The van der Waals surface area contributed by atoms with Crippen molar-refractivity contribution in [2.75, 3.05) is 31.4 Å². The Bertz CT molecular complexity index is 519. The molecular weight excluding hydrogens is 280 g/mol. The second kappa shape index (κ2) is 7.49. The topological polar surface area (TPSA) is 64.8 Å². The van der Waals surface area contributed by atoms with Crippen LogP contribution in [0.25, 0.3) is 0 Å². The summed E-state index contributed by atoms with van der Waals surface area (Å²) in [5, 5.41) is 0. The first kappa shape index (κ1) is 16.6. The molecule has 122 valence electrons. The minimum atomic E-state index is -0.187. The van der Waals surface area contributed by atoms with Gasteiger partial charge in [0.15, 0.2) is 0 Å². The van der Waals surface area contributed by atoms with Crippen LogP contribution in [0.4, 0.5) is 11.4 Å². The van der Waals surface area contributed by atoms with Crippen LogP contribution in [0.15, 0.2) is 18.2 Å². The number of carbonyl (C=O) groups is 1. The summed E-state index contributed by atoms with van der Waals surface area (Å²) in [5.41, 5.74) is 9.10. The highest BCUT2D eigenvalue weighted by molar-refractivity contribution is 5.72. The van der Waals surface area contributed by atoms with Crippen molar-refractivity contribution in [2.24, 2.45) is 0 Å². The molecule has 1 unspecified atom stereocenters. The van der Waals surface area contributed by atoms with E-state index in [9.17, 15) is 4.79 Å². The smallest absolute Gasteiger partial charge is 0.306 e. The van der Waals surface area contributed by atoms with Gasteiger partial charge in [-0.3, -0.25) is 4.79 Å². The lowest BCUT2D eigenvalue weighted by molar-refractivity contribution is -0.141. The molecule has 0 aromatic heterocycles. The van der Waals surface area contributed by atoms with Crippen molar-refractivity contribution in [3.63, 3.8) is 0 Å². The van der Waals surface area contributed by atoms with Crippen LogP contribution in [-0.4, -0.2) is 33.0 Å². The molecule has 1 fully saturated rings. The van der Waals surface area contributed by atoms with Crippen LogP contribution in [0.3, 0.4) is 0 Å². The van der Waals surface area contributed by atoms with Crippen molar-refractivity contribution >= 4 is 17.3 Å². The third kappa shape index (κ3) is 3.53. The molecule has 1 saturated heterocycles. The summed E-state index contributed by atoms with van der Waals surface area (Å²) in [6.07, 6.45) is 3.50. The molecule has 0 saturated carbocycles. The van der Waals surface area contributed by atoms with Gasteiger partial charge in [0.1, 0.15) is 6.23 Å². The van der Waals surface area contributed by atoms with E-state index in [1.807, 2.05) is 12.1 Å². The molecule has 1 aliphatic heterocycles. The normalized spacial score (nSPS) is 19.2. The van der Waals surface area contributed by atoms with E-state index in [1.165, 1.54) is 7.11 Å². The number of anilines is 2. The van der Waals surface area contributed by atoms with E-state index in [1.54, 1.807) is 7.11 Å². The van der Waals surface area contributed by atoms with Gasteiger partial charge < -0.3 is 20.1 Å². The Morgan fingerprint density at radius 3 is 2.82 bits per heavy atom. The molecule has 5 nitrogen and oxygen atoms in total. The molecule has 1 aromatic carbocycles. The zero-order chi connectivity index (χ0) is 16.1. The van der Waals surface area contributed by atoms with Crippen LogP contribution < -0.4 is 10.6 Å². The number of rotatable bonds is 6. The molecule has 0 aliphatic carbocycles. The van der Waals surface area contributed by atoms with E-state index in [0.717, 1.165) is 42.7 Å². The summed E-state index contributed by atoms with van der Waals surface area (Å²) in [7, 11) is 3.15. The zero-order valence-corrected chi connectivity index (χ0v) is 13.7. The Balaban J connectivity index is 2.19. The Kier molecular flexibility index (Phi) is 5.66. The summed E-state index contributed by atoms with van der Waals surface area (Å²) in [6, 6.07) is 6.09. The number of nitrogens with two attached hydrogens (primary N) is 1. The van der Waals surface area contributed by atoms with Crippen molar-refractivity contribution in [1.29, 1.82) is 0 Å². The van der Waals surface area contributed by atoms with Gasteiger partial charge in [0.2, 0.25) is 0 Å². The van der Waals surface area contributed by atoms with Crippen LogP contribution >= 0.6 is 0 Å². The van der Waals surface area contributed by atoms with Gasteiger partial charge in [-0.1, -0.05) is 13.0 Å². The second-order valence-electron chi connectivity index (χ2n) is 5.73.